The van der Waals surface area contributed by atoms with E-state index < -0.39 is 0 Å². The van der Waals surface area contributed by atoms with Crippen LogP contribution in [-0.4, -0.2) is 16.2 Å². The molecule has 1 aromatic rings. The molecule has 0 spiro atoms. The van der Waals surface area contributed by atoms with Crippen molar-refractivity contribution in [2.75, 3.05) is 0 Å². The van der Waals surface area contributed by atoms with Crippen molar-refractivity contribution in [3.8, 4) is 0 Å². The second-order valence-electron chi connectivity index (χ2n) is 5.97. The maximum Gasteiger partial charge on any atom is 0.230 e. The van der Waals surface area contributed by atoms with E-state index in [1.807, 2.05) is 0 Å². The van der Waals surface area contributed by atoms with Crippen LogP contribution >= 0.6 is 0 Å². The van der Waals surface area contributed by atoms with Gasteiger partial charge in [0.15, 0.2) is 0 Å². The van der Waals surface area contributed by atoms with Crippen LogP contribution in [0, 0.1) is 11.8 Å². The second-order valence-corrected chi connectivity index (χ2v) is 5.97. The van der Waals surface area contributed by atoms with Crippen LogP contribution in [0.15, 0.2) is 4.42 Å². The lowest BCUT2D eigenvalue weighted by atomic mass is 9.89. The third kappa shape index (κ3) is 1.88. The zero-order valence-electron chi connectivity index (χ0n) is 10.1. The minimum atomic E-state index is 0.566. The molecule has 0 radical (unpaired) electrons. The first-order chi connectivity index (χ1) is 8.38. The molecular weight excluding hydrogens is 214 g/mol. The molecule has 1 heterocycles. The van der Waals surface area contributed by atoms with Crippen molar-refractivity contribution in [1.82, 2.24) is 15.5 Å². The highest BCUT2D eigenvalue weighted by Gasteiger charge is 2.42. The maximum atomic E-state index is 5.81. The summed E-state index contributed by atoms with van der Waals surface area (Å²) in [6.07, 6.45) is 8.06. The molecule has 3 aliphatic rings. The number of nitrogens with one attached hydrogen (secondary N) is 1. The van der Waals surface area contributed by atoms with E-state index in [0.29, 0.717) is 12.0 Å². The molecule has 17 heavy (non-hydrogen) atoms. The summed E-state index contributed by atoms with van der Waals surface area (Å²) in [7, 11) is 0. The van der Waals surface area contributed by atoms with E-state index >= 15 is 0 Å². The van der Waals surface area contributed by atoms with E-state index in [1.54, 1.807) is 0 Å². The number of hydrogen-bond acceptors (Lipinski definition) is 4. The molecule has 3 fully saturated rings. The van der Waals surface area contributed by atoms with Gasteiger partial charge in [-0.25, -0.2) is 0 Å². The topological polar surface area (TPSA) is 51.0 Å². The average Bonchev–Trinajstić information content (AvgIpc) is 2.82. The summed E-state index contributed by atoms with van der Waals surface area (Å²) < 4.78 is 5.81. The van der Waals surface area contributed by atoms with Gasteiger partial charge in [-0.1, -0.05) is 6.42 Å². The van der Waals surface area contributed by atoms with Crippen LogP contribution in [0.2, 0.25) is 0 Å². The zero-order valence-corrected chi connectivity index (χ0v) is 10.1. The minimum Gasteiger partial charge on any atom is -0.424 e. The highest BCUT2D eigenvalue weighted by atomic mass is 16.4. The molecular formula is C13H19N3O. The maximum absolute atomic E-state index is 5.81. The lowest BCUT2D eigenvalue weighted by molar-refractivity contribution is 0.332. The van der Waals surface area contributed by atoms with E-state index in [2.05, 4.69) is 15.5 Å². The first kappa shape index (κ1) is 10.1. The van der Waals surface area contributed by atoms with Crippen molar-refractivity contribution in [2.45, 2.75) is 57.0 Å². The van der Waals surface area contributed by atoms with Crippen LogP contribution in [0.5, 0.6) is 0 Å². The number of hydrogen-bond donors (Lipinski definition) is 1. The van der Waals surface area contributed by atoms with Crippen LogP contribution < -0.4 is 5.32 Å². The van der Waals surface area contributed by atoms with E-state index in [4.69, 9.17) is 4.42 Å². The predicted molar refractivity (Wildman–Crippen MR) is 62.3 cm³/mol. The summed E-state index contributed by atoms with van der Waals surface area (Å²) in [6.45, 7) is 0.748. The minimum absolute atomic E-state index is 0.566. The van der Waals surface area contributed by atoms with Gasteiger partial charge < -0.3 is 9.73 Å². The van der Waals surface area contributed by atoms with Gasteiger partial charge >= 0.3 is 0 Å². The summed E-state index contributed by atoms with van der Waals surface area (Å²) in [5.41, 5.74) is 0. The number of rotatable bonds is 4. The molecule has 0 aliphatic heterocycles. The Bertz CT molecular complexity index is 413. The average molecular weight is 233 g/mol. The van der Waals surface area contributed by atoms with E-state index in [-0.39, 0.29) is 0 Å². The zero-order chi connectivity index (χ0) is 11.2. The van der Waals surface area contributed by atoms with Crippen LogP contribution in [-0.2, 0) is 6.54 Å². The van der Waals surface area contributed by atoms with Gasteiger partial charge in [-0.2, -0.15) is 0 Å². The van der Waals surface area contributed by atoms with Gasteiger partial charge in [0.05, 0.1) is 6.54 Å². The Hall–Kier alpha value is -0.900. The van der Waals surface area contributed by atoms with Crippen molar-refractivity contribution in [1.29, 1.82) is 0 Å². The van der Waals surface area contributed by atoms with Crippen LogP contribution in [0.3, 0.4) is 0 Å². The molecule has 4 nitrogen and oxygen atoms in total. The van der Waals surface area contributed by atoms with E-state index in [1.165, 1.54) is 38.5 Å². The Labute approximate surface area is 101 Å². The highest BCUT2D eigenvalue weighted by molar-refractivity contribution is 5.04. The lowest BCUT2D eigenvalue weighted by Crippen LogP contribution is -2.15. The summed E-state index contributed by atoms with van der Waals surface area (Å²) in [5.74, 6) is 4.00. The molecule has 3 aliphatic carbocycles. The summed E-state index contributed by atoms with van der Waals surface area (Å²) >= 11 is 0. The van der Waals surface area contributed by atoms with Gasteiger partial charge in [0.1, 0.15) is 0 Å². The van der Waals surface area contributed by atoms with Gasteiger partial charge in [-0.3, -0.25) is 0 Å². The summed E-state index contributed by atoms with van der Waals surface area (Å²) in [6, 6.07) is 0.702. The molecule has 3 saturated carbocycles. The fourth-order valence-electron chi connectivity index (χ4n) is 3.55. The fourth-order valence-corrected chi connectivity index (χ4v) is 3.55. The molecule has 2 bridgehead atoms. The Kier molecular flexibility index (Phi) is 2.25. The Morgan fingerprint density at radius 3 is 2.76 bits per heavy atom. The number of fused-ring (bicyclic) bond motifs is 2. The van der Waals surface area contributed by atoms with Crippen LogP contribution in [0.25, 0.3) is 0 Å². The molecule has 0 saturated heterocycles. The van der Waals surface area contributed by atoms with E-state index in [0.717, 1.165) is 30.2 Å². The number of nitrogens with zero attached hydrogens (tertiary/aromatic N) is 2. The van der Waals surface area contributed by atoms with Gasteiger partial charge in [0.2, 0.25) is 11.8 Å². The van der Waals surface area contributed by atoms with Gasteiger partial charge in [-0.05, 0) is 43.9 Å². The smallest absolute Gasteiger partial charge is 0.230 e. The van der Waals surface area contributed by atoms with Crippen molar-refractivity contribution < 1.29 is 4.42 Å². The first-order valence-corrected chi connectivity index (χ1v) is 6.94. The monoisotopic (exact) mass is 233 g/mol. The van der Waals surface area contributed by atoms with E-state index in [9.17, 15) is 0 Å². The van der Waals surface area contributed by atoms with Gasteiger partial charge in [-0.15, -0.1) is 10.2 Å². The fraction of sp³-hybridized carbons (Fsp3) is 0.846. The van der Waals surface area contributed by atoms with Gasteiger partial charge in [0.25, 0.3) is 0 Å². The SMILES string of the molecule is C(NC1CC1)c1nnc(C2CC3CCC2C3)o1. The lowest BCUT2D eigenvalue weighted by Gasteiger charge is -2.17. The van der Waals surface area contributed by atoms with Crippen molar-refractivity contribution in [3.05, 3.63) is 11.8 Å². The third-order valence-electron chi connectivity index (χ3n) is 4.66. The molecule has 0 amide bonds. The Morgan fingerprint density at radius 2 is 2.06 bits per heavy atom. The molecule has 0 aromatic carbocycles. The Balaban J connectivity index is 1.43. The largest absolute Gasteiger partial charge is 0.424 e. The summed E-state index contributed by atoms with van der Waals surface area (Å²) in [4.78, 5) is 0. The van der Waals surface area contributed by atoms with Crippen LogP contribution in [0.1, 0.15) is 56.2 Å². The molecule has 4 heteroatoms. The Morgan fingerprint density at radius 1 is 1.12 bits per heavy atom. The first-order valence-electron chi connectivity index (χ1n) is 6.94. The normalized spacial score (nSPS) is 35.6. The molecule has 1 N–H and O–H groups in total. The van der Waals surface area contributed by atoms with Crippen molar-refractivity contribution >= 4 is 0 Å². The number of aromatic nitrogens is 2. The molecule has 4 rings (SSSR count). The second kappa shape index (κ2) is 3.80. The van der Waals surface area contributed by atoms with Gasteiger partial charge in [0, 0.05) is 12.0 Å². The highest BCUT2D eigenvalue weighted by Crippen LogP contribution is 2.52. The standard InChI is InChI=1S/C13H19N3O/c1-2-9-5-8(1)6-11(9)13-16-15-12(17-13)7-14-10-3-4-10/h8-11,14H,1-7H2. The van der Waals surface area contributed by atoms with Crippen molar-refractivity contribution in [3.63, 3.8) is 0 Å². The molecule has 3 unspecified atom stereocenters. The quantitative estimate of drug-likeness (QED) is 0.866. The molecule has 92 valence electrons. The van der Waals surface area contributed by atoms with Crippen molar-refractivity contribution in [2.24, 2.45) is 11.8 Å². The third-order valence-corrected chi connectivity index (χ3v) is 4.66. The predicted octanol–water partition coefficient (Wildman–Crippen LogP) is 2.23. The van der Waals surface area contributed by atoms with Crippen LogP contribution in [0.4, 0.5) is 0 Å². The molecule has 3 atom stereocenters. The molecule has 1 aromatic heterocycles. The summed E-state index contributed by atoms with van der Waals surface area (Å²) in [5, 5.41) is 11.8.